The van der Waals surface area contributed by atoms with Gasteiger partial charge >= 0.3 is 0 Å². The first-order valence-corrected chi connectivity index (χ1v) is 10.5. The minimum Gasteiger partial charge on any atom is -0.488 e. The number of rotatable bonds is 5. The predicted octanol–water partition coefficient (Wildman–Crippen LogP) is 4.20. The molecule has 0 aliphatic carbocycles. The number of H-pyrrole nitrogens is 1. The molecule has 0 fully saturated rings. The summed E-state index contributed by atoms with van der Waals surface area (Å²) < 4.78 is 6.25. The topological polar surface area (TPSA) is 79.8 Å². The maximum atomic E-state index is 6.25. The van der Waals surface area contributed by atoms with Crippen LogP contribution in [0.25, 0.3) is 22.5 Å². The number of nitrogens with one attached hydrogen (secondary N) is 1. The molecule has 1 N–H and O–H groups in total. The quantitative estimate of drug-likeness (QED) is 0.529. The summed E-state index contributed by atoms with van der Waals surface area (Å²) in [7, 11) is 2.10. The Bertz CT molecular complexity index is 1190. The monoisotopic (exact) mass is 412 g/mol. The van der Waals surface area contributed by atoms with Crippen LogP contribution in [0, 0.1) is 6.92 Å². The molecule has 7 nitrogen and oxygen atoms in total. The lowest BCUT2D eigenvalue weighted by molar-refractivity contribution is 0.301. The van der Waals surface area contributed by atoms with E-state index in [4.69, 9.17) is 9.72 Å². The molecule has 1 aliphatic heterocycles. The van der Waals surface area contributed by atoms with Crippen molar-refractivity contribution in [3.63, 3.8) is 0 Å². The summed E-state index contributed by atoms with van der Waals surface area (Å²) in [4.78, 5) is 6.93. The first kappa shape index (κ1) is 19.2. The minimum atomic E-state index is 0.520. The van der Waals surface area contributed by atoms with Crippen LogP contribution >= 0.6 is 0 Å². The fourth-order valence-corrected chi connectivity index (χ4v) is 4.08. The lowest BCUT2D eigenvalue weighted by Gasteiger charge is -2.28. The Balaban J connectivity index is 1.36. The smallest absolute Gasteiger partial charge is 0.205 e. The third-order valence-corrected chi connectivity index (χ3v) is 5.64. The molecular weight excluding hydrogens is 388 g/mol. The summed E-state index contributed by atoms with van der Waals surface area (Å²) in [6.45, 7) is 3.58. The van der Waals surface area contributed by atoms with E-state index in [1.165, 1.54) is 5.56 Å². The number of ether oxygens (including phenoxy) is 1. The Kier molecular flexibility index (Phi) is 5.08. The van der Waals surface area contributed by atoms with E-state index >= 15 is 0 Å². The third kappa shape index (κ3) is 3.86. The third-order valence-electron chi connectivity index (χ3n) is 5.64. The molecule has 1 aliphatic rings. The van der Waals surface area contributed by atoms with Gasteiger partial charge in [0.2, 0.25) is 5.82 Å². The van der Waals surface area contributed by atoms with Crippen LogP contribution in [0.15, 0.2) is 54.6 Å². The second-order valence-corrected chi connectivity index (χ2v) is 7.86. The van der Waals surface area contributed by atoms with Gasteiger partial charge in [-0.05, 0) is 41.7 Å². The van der Waals surface area contributed by atoms with Crippen molar-refractivity contribution in [3.05, 3.63) is 71.4 Å². The summed E-state index contributed by atoms with van der Waals surface area (Å²) >= 11 is 0. The first-order valence-electron chi connectivity index (χ1n) is 10.5. The lowest BCUT2D eigenvalue weighted by atomic mass is 9.98. The molecule has 4 aromatic rings. The van der Waals surface area contributed by atoms with Crippen molar-refractivity contribution in [2.45, 2.75) is 26.4 Å². The highest BCUT2D eigenvalue weighted by molar-refractivity contribution is 5.80. The highest BCUT2D eigenvalue weighted by Gasteiger charge is 2.20. The van der Waals surface area contributed by atoms with Crippen LogP contribution < -0.4 is 9.64 Å². The molecule has 0 saturated carbocycles. The Morgan fingerprint density at radius 2 is 1.87 bits per heavy atom. The molecule has 5 rings (SSSR count). The van der Waals surface area contributed by atoms with Crippen molar-refractivity contribution in [2.24, 2.45) is 0 Å². The molecule has 0 bridgehead atoms. The summed E-state index contributed by atoms with van der Waals surface area (Å²) in [5, 5.41) is 14.5. The average Bonchev–Trinajstić information content (AvgIpc) is 3.33. The SMILES string of the molecule is Cc1cc(OCc2ccc(-c3ccccc3-c3nn[nH]n3)cc2)c2c(n1)N(C)CCC2. The van der Waals surface area contributed by atoms with Gasteiger partial charge in [-0.15, -0.1) is 10.2 Å². The van der Waals surface area contributed by atoms with Crippen molar-refractivity contribution >= 4 is 5.82 Å². The number of hydrogen-bond donors (Lipinski definition) is 1. The van der Waals surface area contributed by atoms with Crippen LogP contribution in [-0.4, -0.2) is 39.2 Å². The second kappa shape index (κ2) is 8.18. The Labute approximate surface area is 181 Å². The van der Waals surface area contributed by atoms with Gasteiger partial charge in [0.25, 0.3) is 0 Å². The zero-order valence-corrected chi connectivity index (χ0v) is 17.7. The van der Waals surface area contributed by atoms with E-state index < -0.39 is 0 Å². The Morgan fingerprint density at radius 1 is 1.06 bits per heavy atom. The van der Waals surface area contributed by atoms with E-state index in [1.807, 2.05) is 31.2 Å². The van der Waals surface area contributed by atoms with Crippen molar-refractivity contribution in [3.8, 4) is 28.3 Å². The van der Waals surface area contributed by atoms with Crippen molar-refractivity contribution < 1.29 is 4.74 Å². The Hall–Kier alpha value is -3.74. The van der Waals surface area contributed by atoms with Crippen LogP contribution in [0.4, 0.5) is 5.82 Å². The molecule has 31 heavy (non-hydrogen) atoms. The number of aromatic amines is 1. The molecule has 0 spiro atoms. The van der Waals surface area contributed by atoms with Gasteiger partial charge in [0.1, 0.15) is 18.2 Å². The molecule has 156 valence electrons. The van der Waals surface area contributed by atoms with Gasteiger partial charge in [0.15, 0.2) is 0 Å². The number of tetrazole rings is 1. The number of fused-ring (bicyclic) bond motifs is 1. The van der Waals surface area contributed by atoms with E-state index in [-0.39, 0.29) is 0 Å². The zero-order valence-electron chi connectivity index (χ0n) is 17.7. The van der Waals surface area contributed by atoms with Gasteiger partial charge in [-0.25, -0.2) is 4.98 Å². The van der Waals surface area contributed by atoms with Gasteiger partial charge < -0.3 is 9.64 Å². The molecule has 7 heteroatoms. The lowest BCUT2D eigenvalue weighted by Crippen LogP contribution is -2.26. The maximum Gasteiger partial charge on any atom is 0.205 e. The summed E-state index contributed by atoms with van der Waals surface area (Å²) in [6, 6.07) is 18.5. The van der Waals surface area contributed by atoms with Gasteiger partial charge in [0, 0.05) is 36.5 Å². The maximum absolute atomic E-state index is 6.25. The van der Waals surface area contributed by atoms with E-state index in [2.05, 4.69) is 62.9 Å². The molecule has 0 unspecified atom stereocenters. The summed E-state index contributed by atoms with van der Waals surface area (Å²) in [6.07, 6.45) is 2.13. The zero-order chi connectivity index (χ0) is 21.2. The minimum absolute atomic E-state index is 0.520. The predicted molar refractivity (Wildman–Crippen MR) is 120 cm³/mol. The molecule has 2 aromatic carbocycles. The number of aryl methyl sites for hydroxylation is 1. The Morgan fingerprint density at radius 3 is 2.65 bits per heavy atom. The number of benzene rings is 2. The number of nitrogens with zero attached hydrogens (tertiary/aromatic N) is 5. The van der Waals surface area contributed by atoms with E-state index in [0.717, 1.165) is 58.9 Å². The van der Waals surface area contributed by atoms with Crippen LogP contribution in [0.1, 0.15) is 23.2 Å². The number of hydrogen-bond acceptors (Lipinski definition) is 6. The number of anilines is 1. The standard InChI is InChI=1S/C24H24N6O/c1-16-14-22(21-8-5-13-30(2)24(21)25-16)31-15-17-9-11-18(12-10-17)19-6-3-4-7-20(19)23-26-28-29-27-23/h3-4,6-7,9-12,14H,5,8,13,15H2,1-2H3,(H,26,27,28,29). The second-order valence-electron chi connectivity index (χ2n) is 7.86. The molecule has 0 radical (unpaired) electrons. The summed E-state index contributed by atoms with van der Waals surface area (Å²) in [5.41, 5.74) is 6.43. The molecule has 3 heterocycles. The van der Waals surface area contributed by atoms with E-state index in [9.17, 15) is 0 Å². The normalized spacial score (nSPS) is 13.2. The van der Waals surface area contributed by atoms with Crippen molar-refractivity contribution in [1.82, 2.24) is 25.6 Å². The molecule has 2 aromatic heterocycles. The molecule has 0 saturated heterocycles. The van der Waals surface area contributed by atoms with Crippen LogP contribution in [0.3, 0.4) is 0 Å². The van der Waals surface area contributed by atoms with Crippen LogP contribution in [-0.2, 0) is 13.0 Å². The number of pyridine rings is 1. The highest BCUT2D eigenvalue weighted by atomic mass is 16.5. The fourth-order valence-electron chi connectivity index (χ4n) is 4.08. The van der Waals surface area contributed by atoms with Gasteiger partial charge in [-0.3, -0.25) is 0 Å². The van der Waals surface area contributed by atoms with Crippen LogP contribution in [0.2, 0.25) is 0 Å². The summed E-state index contributed by atoms with van der Waals surface area (Å²) in [5.74, 6) is 2.58. The molecule has 0 amide bonds. The molecule has 0 atom stereocenters. The van der Waals surface area contributed by atoms with E-state index in [1.54, 1.807) is 0 Å². The van der Waals surface area contributed by atoms with Crippen molar-refractivity contribution in [2.75, 3.05) is 18.5 Å². The van der Waals surface area contributed by atoms with E-state index in [0.29, 0.717) is 12.4 Å². The van der Waals surface area contributed by atoms with Crippen molar-refractivity contribution in [1.29, 1.82) is 0 Å². The first-order chi connectivity index (χ1) is 15.2. The van der Waals surface area contributed by atoms with Crippen LogP contribution in [0.5, 0.6) is 5.75 Å². The van der Waals surface area contributed by atoms with Gasteiger partial charge in [-0.2, -0.15) is 5.21 Å². The van der Waals surface area contributed by atoms with Gasteiger partial charge in [-0.1, -0.05) is 48.5 Å². The van der Waals surface area contributed by atoms with Gasteiger partial charge in [0.05, 0.1) is 0 Å². The number of aromatic nitrogens is 5. The molecular formula is C24H24N6O. The largest absolute Gasteiger partial charge is 0.488 e. The highest BCUT2D eigenvalue weighted by Crippen LogP contribution is 2.34. The fraction of sp³-hybridized carbons (Fsp3) is 0.250. The average molecular weight is 412 g/mol.